The van der Waals surface area contributed by atoms with E-state index >= 15 is 0 Å². The molecule has 3 heterocycles. The minimum Gasteiger partial charge on any atom is -0.454 e. The van der Waals surface area contributed by atoms with Crippen LogP contribution in [0.4, 0.5) is 0 Å². The zero-order valence-corrected chi connectivity index (χ0v) is 17.6. The number of hydrogen-bond acceptors (Lipinski definition) is 4. The molecule has 0 bridgehead atoms. The lowest BCUT2D eigenvalue weighted by molar-refractivity contribution is 0.0951. The number of benzene rings is 3. The second kappa shape index (κ2) is 7.87. The molecule has 0 radical (unpaired) electrons. The molecule has 0 saturated heterocycles. The van der Waals surface area contributed by atoms with Crippen LogP contribution < -0.4 is 14.8 Å². The number of amides is 1. The van der Waals surface area contributed by atoms with Crippen molar-refractivity contribution >= 4 is 16.9 Å². The van der Waals surface area contributed by atoms with Crippen LogP contribution in [-0.2, 0) is 6.54 Å². The molecular formula is C26H20N4O3. The first kappa shape index (κ1) is 19.2. The molecule has 0 saturated carbocycles. The van der Waals surface area contributed by atoms with E-state index in [9.17, 15) is 4.79 Å². The topological polar surface area (TPSA) is 70.3 Å². The largest absolute Gasteiger partial charge is 0.454 e. The van der Waals surface area contributed by atoms with Gasteiger partial charge in [-0.05, 0) is 66.2 Å². The van der Waals surface area contributed by atoms with Crippen molar-refractivity contribution in [2.75, 3.05) is 6.79 Å². The summed E-state index contributed by atoms with van der Waals surface area (Å²) in [6.07, 6.45) is 5.81. The van der Waals surface area contributed by atoms with Gasteiger partial charge in [-0.3, -0.25) is 9.36 Å². The van der Waals surface area contributed by atoms with Gasteiger partial charge in [0.1, 0.15) is 6.33 Å². The van der Waals surface area contributed by atoms with E-state index in [0.29, 0.717) is 17.9 Å². The van der Waals surface area contributed by atoms with Gasteiger partial charge in [0.25, 0.3) is 5.91 Å². The minimum atomic E-state index is -0.154. The standard InChI is InChI=1S/C26H20N4O3/c31-26(27-15-18-6-9-24-25(12-18)33-17-32-24)19-7-8-23-22(13-19)28-16-30(23)21-5-3-4-20(14-21)29-10-1-2-11-29/h1-14,16H,15,17H2,(H,27,31). The zero-order valence-electron chi connectivity index (χ0n) is 17.6. The summed E-state index contributed by atoms with van der Waals surface area (Å²) in [5, 5.41) is 2.96. The van der Waals surface area contributed by atoms with E-state index in [2.05, 4.69) is 27.0 Å². The predicted molar refractivity (Wildman–Crippen MR) is 124 cm³/mol. The number of nitrogens with one attached hydrogen (secondary N) is 1. The maximum atomic E-state index is 12.7. The van der Waals surface area contributed by atoms with Gasteiger partial charge in [-0.25, -0.2) is 4.98 Å². The van der Waals surface area contributed by atoms with Crippen molar-refractivity contribution in [3.8, 4) is 22.9 Å². The van der Waals surface area contributed by atoms with E-state index in [-0.39, 0.29) is 12.7 Å². The summed E-state index contributed by atoms with van der Waals surface area (Å²) in [4.78, 5) is 17.3. The molecule has 2 aromatic heterocycles. The average molecular weight is 436 g/mol. The molecular weight excluding hydrogens is 416 g/mol. The van der Waals surface area contributed by atoms with E-state index in [1.807, 2.05) is 77.6 Å². The van der Waals surface area contributed by atoms with Gasteiger partial charge in [0.05, 0.1) is 11.0 Å². The van der Waals surface area contributed by atoms with Crippen LogP contribution in [0.25, 0.3) is 22.4 Å². The number of fused-ring (bicyclic) bond motifs is 2. The second-order valence-corrected chi connectivity index (χ2v) is 7.80. The Morgan fingerprint density at radius 3 is 2.67 bits per heavy atom. The Hall–Kier alpha value is -4.52. The second-order valence-electron chi connectivity index (χ2n) is 7.80. The molecule has 1 amide bonds. The molecule has 1 aliphatic heterocycles. The Morgan fingerprint density at radius 2 is 1.76 bits per heavy atom. The first-order valence-corrected chi connectivity index (χ1v) is 10.6. The number of hydrogen-bond donors (Lipinski definition) is 1. The highest BCUT2D eigenvalue weighted by Gasteiger charge is 2.14. The van der Waals surface area contributed by atoms with Gasteiger partial charge in [0.15, 0.2) is 11.5 Å². The Kier molecular flexibility index (Phi) is 4.58. The fraction of sp³-hybridized carbons (Fsp3) is 0.0769. The highest BCUT2D eigenvalue weighted by molar-refractivity contribution is 5.97. The normalized spacial score (nSPS) is 12.2. The molecule has 5 aromatic rings. The van der Waals surface area contributed by atoms with Gasteiger partial charge >= 0.3 is 0 Å². The molecule has 0 fully saturated rings. The lowest BCUT2D eigenvalue weighted by atomic mass is 10.1. The summed E-state index contributed by atoms with van der Waals surface area (Å²) in [7, 11) is 0. The van der Waals surface area contributed by atoms with E-state index in [4.69, 9.17) is 9.47 Å². The predicted octanol–water partition coefficient (Wildman–Crippen LogP) is 4.47. The Balaban J connectivity index is 1.22. The van der Waals surface area contributed by atoms with Gasteiger partial charge < -0.3 is 19.4 Å². The van der Waals surface area contributed by atoms with Gasteiger partial charge in [0, 0.05) is 35.9 Å². The quantitative estimate of drug-likeness (QED) is 0.441. The first-order chi connectivity index (χ1) is 16.2. The van der Waals surface area contributed by atoms with Crippen LogP contribution in [-0.4, -0.2) is 26.8 Å². The monoisotopic (exact) mass is 436 g/mol. The SMILES string of the molecule is O=C(NCc1ccc2c(c1)OCO2)c1ccc2c(c1)ncn2-c1cccc(-n2cccc2)c1. The lowest BCUT2D eigenvalue weighted by Crippen LogP contribution is -2.22. The number of aromatic nitrogens is 3. The minimum absolute atomic E-state index is 0.154. The molecule has 0 unspecified atom stereocenters. The van der Waals surface area contributed by atoms with Crippen LogP contribution in [0.2, 0.25) is 0 Å². The van der Waals surface area contributed by atoms with Gasteiger partial charge in [0.2, 0.25) is 6.79 Å². The molecule has 33 heavy (non-hydrogen) atoms. The Morgan fingerprint density at radius 1 is 0.909 bits per heavy atom. The molecule has 6 rings (SSSR count). The van der Waals surface area contributed by atoms with Crippen LogP contribution in [0.5, 0.6) is 11.5 Å². The molecule has 1 N–H and O–H groups in total. The lowest BCUT2D eigenvalue weighted by Gasteiger charge is -2.09. The number of carbonyl (C=O) groups is 1. The highest BCUT2D eigenvalue weighted by Crippen LogP contribution is 2.32. The molecule has 1 aliphatic rings. The van der Waals surface area contributed by atoms with Crippen LogP contribution >= 0.6 is 0 Å². The molecule has 0 spiro atoms. The summed E-state index contributed by atoms with van der Waals surface area (Å²) < 4.78 is 14.8. The van der Waals surface area contributed by atoms with Crippen LogP contribution in [0.3, 0.4) is 0 Å². The molecule has 7 heteroatoms. The number of imidazole rings is 1. The average Bonchev–Trinajstić information content (AvgIpc) is 3.62. The smallest absolute Gasteiger partial charge is 0.251 e. The number of carbonyl (C=O) groups excluding carboxylic acids is 1. The van der Waals surface area contributed by atoms with E-state index in [1.54, 1.807) is 6.33 Å². The molecule has 0 atom stereocenters. The van der Waals surface area contributed by atoms with Gasteiger partial charge in [-0.1, -0.05) is 12.1 Å². The fourth-order valence-electron chi connectivity index (χ4n) is 4.01. The summed E-state index contributed by atoms with van der Waals surface area (Å²) in [6.45, 7) is 0.628. The molecule has 0 aliphatic carbocycles. The third kappa shape index (κ3) is 3.59. The number of ether oxygens (including phenoxy) is 2. The van der Waals surface area contributed by atoms with Crippen LogP contribution in [0, 0.1) is 0 Å². The van der Waals surface area contributed by atoms with Crippen molar-refractivity contribution in [3.05, 3.63) is 103 Å². The van der Waals surface area contributed by atoms with E-state index in [0.717, 1.165) is 33.7 Å². The maximum absolute atomic E-state index is 12.7. The van der Waals surface area contributed by atoms with Crippen molar-refractivity contribution in [2.45, 2.75) is 6.54 Å². The third-order valence-electron chi connectivity index (χ3n) is 5.71. The van der Waals surface area contributed by atoms with Crippen molar-refractivity contribution in [3.63, 3.8) is 0 Å². The highest BCUT2D eigenvalue weighted by atomic mass is 16.7. The molecule has 3 aromatic carbocycles. The first-order valence-electron chi connectivity index (χ1n) is 10.6. The van der Waals surface area contributed by atoms with Crippen molar-refractivity contribution in [2.24, 2.45) is 0 Å². The summed E-state index contributed by atoms with van der Waals surface area (Å²) in [6, 6.07) is 23.5. The third-order valence-corrected chi connectivity index (χ3v) is 5.71. The van der Waals surface area contributed by atoms with Crippen molar-refractivity contribution in [1.82, 2.24) is 19.4 Å². The summed E-state index contributed by atoms with van der Waals surface area (Å²) >= 11 is 0. The van der Waals surface area contributed by atoms with Crippen molar-refractivity contribution < 1.29 is 14.3 Å². The summed E-state index contributed by atoms with van der Waals surface area (Å²) in [5.74, 6) is 1.28. The van der Waals surface area contributed by atoms with Crippen LogP contribution in [0.15, 0.2) is 91.5 Å². The fourth-order valence-corrected chi connectivity index (χ4v) is 4.01. The van der Waals surface area contributed by atoms with Gasteiger partial charge in [-0.2, -0.15) is 0 Å². The van der Waals surface area contributed by atoms with E-state index < -0.39 is 0 Å². The number of nitrogens with zero attached hydrogens (tertiary/aromatic N) is 3. The zero-order chi connectivity index (χ0) is 22.2. The van der Waals surface area contributed by atoms with E-state index in [1.165, 1.54) is 0 Å². The van der Waals surface area contributed by atoms with Crippen molar-refractivity contribution in [1.29, 1.82) is 0 Å². The summed E-state index contributed by atoms with van der Waals surface area (Å²) in [5.41, 5.74) is 5.28. The molecule has 7 nitrogen and oxygen atoms in total. The molecule has 162 valence electrons. The van der Waals surface area contributed by atoms with Crippen LogP contribution in [0.1, 0.15) is 15.9 Å². The Bertz CT molecular complexity index is 1470. The number of rotatable bonds is 5. The Labute approximate surface area is 189 Å². The maximum Gasteiger partial charge on any atom is 0.251 e. The van der Waals surface area contributed by atoms with Gasteiger partial charge in [-0.15, -0.1) is 0 Å².